The number of benzene rings is 2. The van der Waals surface area contributed by atoms with Crippen molar-refractivity contribution in [3.8, 4) is 0 Å². The molecule has 2 aromatic carbocycles. The van der Waals surface area contributed by atoms with Crippen LogP contribution >= 0.6 is 0 Å². The molecule has 0 aliphatic rings. The minimum absolute atomic E-state index is 0.0978. The maximum absolute atomic E-state index is 15.0. The highest BCUT2D eigenvalue weighted by molar-refractivity contribution is 5.70. The molecule has 2 aromatic rings. The van der Waals surface area contributed by atoms with Crippen LogP contribution < -0.4 is 0 Å². The van der Waals surface area contributed by atoms with Gasteiger partial charge in [-0.25, -0.2) is 9.18 Å². The van der Waals surface area contributed by atoms with E-state index in [-0.39, 0.29) is 26.4 Å². The van der Waals surface area contributed by atoms with Gasteiger partial charge in [-0.2, -0.15) is 0 Å². The zero-order valence-electron chi connectivity index (χ0n) is 19.0. The van der Waals surface area contributed by atoms with Crippen LogP contribution in [0.4, 0.5) is 4.39 Å². The second-order valence-electron chi connectivity index (χ2n) is 7.47. The summed E-state index contributed by atoms with van der Waals surface area (Å²) in [4.78, 5) is 13.0. The number of esters is 1. The fraction of sp³-hybridized carbons (Fsp3) is 0.480. The number of halogens is 1. The van der Waals surface area contributed by atoms with Crippen molar-refractivity contribution >= 4 is 5.97 Å². The number of hydrogen-bond acceptors (Lipinski definition) is 6. The van der Waals surface area contributed by atoms with Crippen molar-refractivity contribution in [1.82, 2.24) is 4.90 Å². The normalized spacial score (nSPS) is 13.1. The van der Waals surface area contributed by atoms with Gasteiger partial charge in [0, 0.05) is 19.6 Å². The molecule has 0 spiro atoms. The van der Waals surface area contributed by atoms with Crippen LogP contribution in [-0.4, -0.2) is 69.8 Å². The van der Waals surface area contributed by atoms with Gasteiger partial charge in [0.2, 0.25) is 0 Å². The first-order valence-corrected chi connectivity index (χ1v) is 10.9. The molecule has 0 amide bonds. The van der Waals surface area contributed by atoms with Crippen LogP contribution in [0.15, 0.2) is 60.7 Å². The highest BCUT2D eigenvalue weighted by atomic mass is 19.1. The van der Waals surface area contributed by atoms with E-state index in [2.05, 4.69) is 33.9 Å². The molecule has 0 bridgehead atoms. The van der Waals surface area contributed by atoms with Crippen molar-refractivity contribution in [3.63, 3.8) is 0 Å². The van der Waals surface area contributed by atoms with E-state index in [0.717, 1.165) is 11.1 Å². The molecule has 0 aliphatic carbocycles. The Bertz CT molecular complexity index is 705. The van der Waals surface area contributed by atoms with E-state index in [9.17, 15) is 9.18 Å². The SMILES string of the molecule is COC(=O)COCCOCCOC(C)C(F)CN(Cc1ccccc1)Cc1ccccc1. The molecule has 0 radical (unpaired) electrons. The number of ether oxygens (including phenoxy) is 4. The van der Waals surface area contributed by atoms with Gasteiger partial charge in [-0.3, -0.25) is 4.90 Å². The van der Waals surface area contributed by atoms with Crippen molar-refractivity contribution in [2.45, 2.75) is 32.3 Å². The molecule has 32 heavy (non-hydrogen) atoms. The molecule has 0 heterocycles. The Labute approximate surface area is 190 Å². The van der Waals surface area contributed by atoms with Crippen molar-refractivity contribution in [3.05, 3.63) is 71.8 Å². The zero-order chi connectivity index (χ0) is 23.0. The maximum Gasteiger partial charge on any atom is 0.331 e. The summed E-state index contributed by atoms with van der Waals surface area (Å²) in [6, 6.07) is 20.1. The van der Waals surface area contributed by atoms with Gasteiger partial charge in [-0.15, -0.1) is 0 Å². The predicted octanol–water partition coefficient (Wildman–Crippen LogP) is 3.64. The molecule has 6 nitrogen and oxygen atoms in total. The summed E-state index contributed by atoms with van der Waals surface area (Å²) in [5.41, 5.74) is 2.29. The molecule has 0 fully saturated rings. The lowest BCUT2D eigenvalue weighted by atomic mass is 10.1. The van der Waals surface area contributed by atoms with E-state index in [1.807, 2.05) is 36.4 Å². The maximum atomic E-state index is 15.0. The fourth-order valence-corrected chi connectivity index (χ4v) is 3.10. The van der Waals surface area contributed by atoms with Gasteiger partial charge < -0.3 is 18.9 Å². The van der Waals surface area contributed by atoms with Crippen molar-refractivity contribution in [2.75, 3.05) is 46.7 Å². The number of carbonyl (C=O) groups is 1. The molecule has 176 valence electrons. The van der Waals surface area contributed by atoms with Gasteiger partial charge in [-0.05, 0) is 18.1 Å². The van der Waals surface area contributed by atoms with Crippen LogP contribution in [0.25, 0.3) is 0 Å². The fourth-order valence-electron chi connectivity index (χ4n) is 3.10. The van der Waals surface area contributed by atoms with E-state index in [4.69, 9.17) is 14.2 Å². The smallest absolute Gasteiger partial charge is 0.331 e. The van der Waals surface area contributed by atoms with E-state index >= 15 is 0 Å². The summed E-state index contributed by atoms with van der Waals surface area (Å²) in [5, 5.41) is 0. The molecule has 0 saturated heterocycles. The summed E-state index contributed by atoms with van der Waals surface area (Å²) in [7, 11) is 1.31. The number of carbonyl (C=O) groups excluding carboxylic acids is 1. The van der Waals surface area contributed by atoms with Crippen LogP contribution in [-0.2, 0) is 36.8 Å². The summed E-state index contributed by atoms with van der Waals surface area (Å²) in [6.45, 7) is 4.47. The van der Waals surface area contributed by atoms with Gasteiger partial charge >= 0.3 is 5.97 Å². The average molecular weight is 448 g/mol. The molecular formula is C25H34FNO5. The molecule has 0 aromatic heterocycles. The number of alkyl halides is 1. The monoisotopic (exact) mass is 447 g/mol. The third-order valence-electron chi connectivity index (χ3n) is 4.87. The standard InChI is InChI=1S/C25H34FNO5/c1-21(32-16-15-30-13-14-31-20-25(28)29-2)24(26)19-27(17-22-9-5-3-6-10-22)18-23-11-7-4-8-12-23/h3-12,21,24H,13-20H2,1-2H3. The number of rotatable bonds is 16. The second kappa shape index (κ2) is 15.5. The molecule has 2 unspecified atom stereocenters. The van der Waals surface area contributed by atoms with Gasteiger partial charge in [0.05, 0.1) is 39.6 Å². The van der Waals surface area contributed by atoms with Gasteiger partial charge in [0.1, 0.15) is 12.8 Å². The van der Waals surface area contributed by atoms with Crippen LogP contribution in [0.5, 0.6) is 0 Å². The molecule has 0 N–H and O–H groups in total. The van der Waals surface area contributed by atoms with E-state index in [0.29, 0.717) is 26.3 Å². The Kier molecular flexibility index (Phi) is 12.5. The first-order valence-electron chi connectivity index (χ1n) is 10.9. The van der Waals surface area contributed by atoms with E-state index in [1.165, 1.54) is 7.11 Å². The van der Waals surface area contributed by atoms with Gasteiger partial charge in [0.25, 0.3) is 0 Å². The molecule has 2 atom stereocenters. The number of hydrogen-bond donors (Lipinski definition) is 0. The lowest BCUT2D eigenvalue weighted by Crippen LogP contribution is -2.36. The lowest BCUT2D eigenvalue weighted by molar-refractivity contribution is -0.146. The van der Waals surface area contributed by atoms with Crippen LogP contribution in [0.3, 0.4) is 0 Å². The predicted molar refractivity (Wildman–Crippen MR) is 121 cm³/mol. The van der Waals surface area contributed by atoms with Gasteiger partial charge in [0.15, 0.2) is 0 Å². The third-order valence-corrected chi connectivity index (χ3v) is 4.87. The summed E-state index contributed by atoms with van der Waals surface area (Å²) in [5.74, 6) is -0.426. The Hall–Kier alpha value is -2.32. The Morgan fingerprint density at radius 2 is 1.41 bits per heavy atom. The Morgan fingerprint density at radius 3 is 1.97 bits per heavy atom. The average Bonchev–Trinajstić information content (AvgIpc) is 2.81. The molecule has 7 heteroatoms. The van der Waals surface area contributed by atoms with Crippen molar-refractivity contribution in [2.24, 2.45) is 0 Å². The van der Waals surface area contributed by atoms with E-state index in [1.54, 1.807) is 6.92 Å². The quantitative estimate of drug-likeness (QED) is 0.289. The summed E-state index contributed by atoms with van der Waals surface area (Å²) >= 11 is 0. The second-order valence-corrected chi connectivity index (χ2v) is 7.47. The molecule has 2 rings (SSSR count). The van der Waals surface area contributed by atoms with Crippen LogP contribution in [0, 0.1) is 0 Å². The first-order chi connectivity index (χ1) is 15.6. The Morgan fingerprint density at radius 1 is 0.875 bits per heavy atom. The van der Waals surface area contributed by atoms with Crippen molar-refractivity contribution in [1.29, 1.82) is 0 Å². The highest BCUT2D eigenvalue weighted by Gasteiger charge is 2.21. The highest BCUT2D eigenvalue weighted by Crippen LogP contribution is 2.14. The molecular weight excluding hydrogens is 413 g/mol. The Balaban J connectivity index is 1.72. The third kappa shape index (κ3) is 10.8. The summed E-state index contributed by atoms with van der Waals surface area (Å²) in [6.07, 6.45) is -1.69. The first kappa shape index (κ1) is 25.9. The minimum Gasteiger partial charge on any atom is -0.467 e. The largest absolute Gasteiger partial charge is 0.467 e. The number of methoxy groups -OCH3 is 1. The van der Waals surface area contributed by atoms with Crippen molar-refractivity contribution < 1.29 is 28.1 Å². The lowest BCUT2D eigenvalue weighted by Gasteiger charge is -2.27. The zero-order valence-corrected chi connectivity index (χ0v) is 19.0. The van der Waals surface area contributed by atoms with Gasteiger partial charge in [-0.1, -0.05) is 60.7 Å². The minimum atomic E-state index is -1.13. The molecule has 0 aliphatic heterocycles. The number of nitrogens with zero attached hydrogens (tertiary/aromatic N) is 1. The molecule has 0 saturated carbocycles. The van der Waals surface area contributed by atoms with E-state index < -0.39 is 18.2 Å². The summed E-state index contributed by atoms with van der Waals surface area (Å²) < 4.78 is 35.5. The topological polar surface area (TPSA) is 57.2 Å². The van der Waals surface area contributed by atoms with Crippen LogP contribution in [0.1, 0.15) is 18.1 Å². The van der Waals surface area contributed by atoms with Crippen LogP contribution in [0.2, 0.25) is 0 Å².